The van der Waals surface area contributed by atoms with Crippen LogP contribution in [0.1, 0.15) is 20.3 Å². The molecule has 26 heavy (non-hydrogen) atoms. The Morgan fingerprint density at radius 3 is 2.35 bits per heavy atom. The smallest absolute Gasteiger partial charge is 0.321 e. The van der Waals surface area contributed by atoms with E-state index in [1.165, 1.54) is 24.3 Å². The van der Waals surface area contributed by atoms with Gasteiger partial charge >= 0.3 is 12.0 Å². The molecule has 1 rings (SSSR count). The molecule has 1 aromatic carbocycles. The van der Waals surface area contributed by atoms with Gasteiger partial charge in [0.2, 0.25) is 0 Å². The molecule has 0 fully saturated rings. The molecule has 0 heterocycles. The number of hydrogen-bond donors (Lipinski definition) is 2. The second kappa shape index (κ2) is 10.1. The molecule has 0 aliphatic rings. The van der Waals surface area contributed by atoms with Gasteiger partial charge in [-0.3, -0.25) is 14.9 Å². The molecule has 0 saturated heterocycles. The number of urea groups is 1. The van der Waals surface area contributed by atoms with Crippen LogP contribution >= 0.6 is 11.6 Å². The minimum Gasteiger partial charge on any atom is -0.456 e. The fourth-order valence-electron chi connectivity index (χ4n) is 1.70. The van der Waals surface area contributed by atoms with E-state index < -0.39 is 46.5 Å². The van der Waals surface area contributed by atoms with Crippen molar-refractivity contribution in [3.8, 4) is 0 Å². The van der Waals surface area contributed by atoms with Crippen molar-refractivity contribution in [2.75, 3.05) is 18.9 Å². The topological polar surface area (TPSA) is 119 Å². The number of carbonyl (C=O) groups excluding carboxylic acids is 3. The van der Waals surface area contributed by atoms with Crippen LogP contribution in [0.15, 0.2) is 29.2 Å². The molecular weight excluding hydrogens is 384 g/mol. The van der Waals surface area contributed by atoms with Crippen molar-refractivity contribution >= 4 is 39.3 Å². The van der Waals surface area contributed by atoms with Crippen LogP contribution in [0.4, 0.5) is 4.79 Å². The third-order valence-corrected chi connectivity index (χ3v) is 5.02. The van der Waals surface area contributed by atoms with Gasteiger partial charge in [0, 0.05) is 11.6 Å². The number of amides is 3. The summed E-state index contributed by atoms with van der Waals surface area (Å²) in [5, 5.41) is 4.86. The van der Waals surface area contributed by atoms with Crippen LogP contribution in [0.5, 0.6) is 0 Å². The van der Waals surface area contributed by atoms with Gasteiger partial charge in [0.05, 0.1) is 17.1 Å². The van der Waals surface area contributed by atoms with Crippen LogP contribution < -0.4 is 10.6 Å². The molecule has 0 unspecified atom stereocenters. The molecule has 0 saturated carbocycles. The lowest BCUT2D eigenvalue weighted by Crippen LogP contribution is -2.42. The summed E-state index contributed by atoms with van der Waals surface area (Å²) >= 11 is 5.70. The molecule has 0 aliphatic carbocycles. The normalized spacial score (nSPS) is 11.1. The SMILES string of the molecule is CC(C)CNC(=O)NC(=O)COC(=O)CCS(=O)(=O)c1ccc(Cl)cc1. The zero-order chi connectivity index (χ0) is 19.7. The average Bonchev–Trinajstić information content (AvgIpc) is 2.57. The van der Waals surface area contributed by atoms with E-state index >= 15 is 0 Å². The van der Waals surface area contributed by atoms with E-state index in [0.29, 0.717) is 11.6 Å². The molecule has 0 atom stereocenters. The van der Waals surface area contributed by atoms with Gasteiger partial charge in [-0.25, -0.2) is 13.2 Å². The standard InChI is InChI=1S/C16H21ClN2O6S/c1-11(2)9-18-16(22)19-14(20)10-25-15(21)7-8-26(23,24)13-5-3-12(17)4-6-13/h3-6,11H,7-10H2,1-2H3,(H2,18,19,20,22). The van der Waals surface area contributed by atoms with Crippen LogP contribution in [0, 0.1) is 5.92 Å². The van der Waals surface area contributed by atoms with E-state index in [-0.39, 0.29) is 10.8 Å². The maximum Gasteiger partial charge on any atom is 0.321 e. The first-order chi connectivity index (χ1) is 12.1. The van der Waals surface area contributed by atoms with E-state index in [9.17, 15) is 22.8 Å². The largest absolute Gasteiger partial charge is 0.456 e. The number of hydrogen-bond acceptors (Lipinski definition) is 6. The molecule has 8 nitrogen and oxygen atoms in total. The van der Waals surface area contributed by atoms with E-state index in [4.69, 9.17) is 11.6 Å². The summed E-state index contributed by atoms with van der Waals surface area (Å²) in [5.74, 6) is -1.92. The predicted molar refractivity (Wildman–Crippen MR) is 95.5 cm³/mol. The maximum atomic E-state index is 12.1. The summed E-state index contributed by atoms with van der Waals surface area (Å²) < 4.78 is 28.8. The Morgan fingerprint density at radius 1 is 1.15 bits per heavy atom. The lowest BCUT2D eigenvalue weighted by Gasteiger charge is -2.09. The van der Waals surface area contributed by atoms with Crippen molar-refractivity contribution in [3.63, 3.8) is 0 Å². The van der Waals surface area contributed by atoms with E-state index in [1.807, 2.05) is 19.2 Å². The summed E-state index contributed by atoms with van der Waals surface area (Å²) in [4.78, 5) is 34.5. The third-order valence-electron chi connectivity index (χ3n) is 3.04. The Bertz CT molecular complexity index is 747. The number of rotatable bonds is 8. The van der Waals surface area contributed by atoms with Gasteiger partial charge in [-0.2, -0.15) is 0 Å². The zero-order valence-corrected chi connectivity index (χ0v) is 16.0. The summed E-state index contributed by atoms with van der Waals surface area (Å²) in [6, 6.07) is 4.85. The van der Waals surface area contributed by atoms with Crippen LogP contribution in [-0.4, -0.2) is 45.2 Å². The number of esters is 1. The van der Waals surface area contributed by atoms with Gasteiger partial charge in [0.15, 0.2) is 16.4 Å². The first kappa shape index (κ1) is 21.9. The number of sulfone groups is 1. The second-order valence-electron chi connectivity index (χ2n) is 5.84. The molecule has 1 aromatic rings. The van der Waals surface area contributed by atoms with Gasteiger partial charge in [-0.1, -0.05) is 25.4 Å². The molecule has 3 amide bonds. The van der Waals surface area contributed by atoms with E-state index in [1.54, 1.807) is 0 Å². The van der Waals surface area contributed by atoms with Crippen molar-refractivity contribution in [3.05, 3.63) is 29.3 Å². The number of halogens is 1. The molecule has 0 radical (unpaired) electrons. The average molecular weight is 405 g/mol. The molecular formula is C16H21ClN2O6S. The van der Waals surface area contributed by atoms with Crippen molar-refractivity contribution in [1.82, 2.24) is 10.6 Å². The fraction of sp³-hybridized carbons (Fsp3) is 0.438. The molecule has 2 N–H and O–H groups in total. The van der Waals surface area contributed by atoms with Gasteiger partial charge in [0.25, 0.3) is 5.91 Å². The highest BCUT2D eigenvalue weighted by Crippen LogP contribution is 2.16. The molecule has 10 heteroatoms. The van der Waals surface area contributed by atoms with Crippen molar-refractivity contribution < 1.29 is 27.5 Å². The van der Waals surface area contributed by atoms with E-state index in [2.05, 4.69) is 10.1 Å². The van der Waals surface area contributed by atoms with E-state index in [0.717, 1.165) is 0 Å². The van der Waals surface area contributed by atoms with Crippen molar-refractivity contribution in [2.45, 2.75) is 25.2 Å². The number of nitrogens with one attached hydrogen (secondary N) is 2. The first-order valence-electron chi connectivity index (χ1n) is 7.82. The Labute approximate surface area is 157 Å². The third kappa shape index (κ3) is 8.30. The summed E-state index contributed by atoms with van der Waals surface area (Å²) in [6.07, 6.45) is -0.419. The zero-order valence-electron chi connectivity index (χ0n) is 14.5. The summed E-state index contributed by atoms with van der Waals surface area (Å²) in [7, 11) is -3.67. The van der Waals surface area contributed by atoms with Crippen LogP contribution in [0.25, 0.3) is 0 Å². The van der Waals surface area contributed by atoms with Crippen LogP contribution in [0.2, 0.25) is 5.02 Å². The molecule has 0 bridgehead atoms. The minimum absolute atomic E-state index is 0.0364. The highest BCUT2D eigenvalue weighted by atomic mass is 35.5. The molecule has 144 valence electrons. The summed E-state index contributed by atoms with van der Waals surface area (Å²) in [5.41, 5.74) is 0. The maximum absolute atomic E-state index is 12.1. The lowest BCUT2D eigenvalue weighted by molar-refractivity contribution is -0.147. The van der Waals surface area contributed by atoms with Gasteiger partial charge in [-0.05, 0) is 30.2 Å². The first-order valence-corrected chi connectivity index (χ1v) is 9.85. The van der Waals surface area contributed by atoms with Crippen LogP contribution in [-0.2, 0) is 24.2 Å². The molecule has 0 spiro atoms. The van der Waals surface area contributed by atoms with Crippen molar-refractivity contribution in [2.24, 2.45) is 5.92 Å². The molecule has 0 aromatic heterocycles. The Balaban J connectivity index is 2.37. The fourth-order valence-corrected chi connectivity index (χ4v) is 3.05. The van der Waals surface area contributed by atoms with Crippen molar-refractivity contribution in [1.29, 1.82) is 0 Å². The predicted octanol–water partition coefficient (Wildman–Crippen LogP) is 1.53. The second-order valence-corrected chi connectivity index (χ2v) is 8.38. The number of ether oxygens (including phenoxy) is 1. The Morgan fingerprint density at radius 2 is 1.77 bits per heavy atom. The summed E-state index contributed by atoms with van der Waals surface area (Å²) in [6.45, 7) is 3.50. The monoisotopic (exact) mass is 404 g/mol. The van der Waals surface area contributed by atoms with Gasteiger partial charge in [-0.15, -0.1) is 0 Å². The number of carbonyl (C=O) groups is 3. The number of benzene rings is 1. The number of imide groups is 1. The molecule has 0 aliphatic heterocycles. The quantitative estimate of drug-likeness (QED) is 0.634. The Kier molecular flexibility index (Phi) is 8.53. The minimum atomic E-state index is -3.67. The lowest BCUT2D eigenvalue weighted by atomic mass is 10.2. The Hall–Kier alpha value is -2.13. The van der Waals surface area contributed by atoms with Crippen LogP contribution in [0.3, 0.4) is 0 Å². The highest BCUT2D eigenvalue weighted by molar-refractivity contribution is 7.91. The van der Waals surface area contributed by atoms with Gasteiger partial charge < -0.3 is 10.1 Å². The van der Waals surface area contributed by atoms with Gasteiger partial charge in [0.1, 0.15) is 0 Å². The highest BCUT2D eigenvalue weighted by Gasteiger charge is 2.18.